The van der Waals surface area contributed by atoms with Crippen molar-refractivity contribution in [2.24, 2.45) is 5.73 Å². The Morgan fingerprint density at radius 3 is 2.17 bits per heavy atom. The Morgan fingerprint density at radius 2 is 1.92 bits per heavy atom. The zero-order valence-electron chi connectivity index (χ0n) is 6.23. The van der Waals surface area contributed by atoms with Crippen molar-refractivity contribution in [2.75, 3.05) is 0 Å². The van der Waals surface area contributed by atoms with Crippen LogP contribution in [-0.2, 0) is 9.59 Å². The molecular formula is C7H9NO4. The predicted octanol–water partition coefficient (Wildman–Crippen LogP) is -0.405. The summed E-state index contributed by atoms with van der Waals surface area (Å²) < 4.78 is 0. The lowest BCUT2D eigenvalue weighted by Gasteiger charge is -2.13. The monoisotopic (exact) mass is 171 g/mol. The average molecular weight is 171 g/mol. The first-order valence-electron chi connectivity index (χ1n) is 3.00. The van der Waals surface area contributed by atoms with Crippen molar-refractivity contribution in [1.82, 2.24) is 0 Å². The van der Waals surface area contributed by atoms with E-state index in [-0.39, 0.29) is 0 Å². The molecule has 0 aliphatic heterocycles. The van der Waals surface area contributed by atoms with E-state index in [1.165, 1.54) is 0 Å². The molecule has 66 valence electrons. The van der Waals surface area contributed by atoms with Gasteiger partial charge in [0.25, 0.3) is 0 Å². The fraction of sp³-hybridized carbons (Fsp3) is 0.143. The van der Waals surface area contributed by atoms with Crippen LogP contribution in [0.15, 0.2) is 24.8 Å². The molecular weight excluding hydrogens is 162 g/mol. The van der Waals surface area contributed by atoms with Crippen molar-refractivity contribution in [2.45, 2.75) is 5.54 Å². The van der Waals surface area contributed by atoms with Crippen molar-refractivity contribution in [3.8, 4) is 0 Å². The fourth-order valence-corrected chi connectivity index (χ4v) is 0.436. The Bertz CT molecular complexity index is 246. The second kappa shape index (κ2) is 3.68. The summed E-state index contributed by atoms with van der Waals surface area (Å²) >= 11 is 0. The van der Waals surface area contributed by atoms with Crippen LogP contribution in [0.2, 0.25) is 0 Å². The largest absolute Gasteiger partial charge is 0.479 e. The summed E-state index contributed by atoms with van der Waals surface area (Å²) in [7, 11) is 0. The van der Waals surface area contributed by atoms with Crippen LogP contribution < -0.4 is 5.73 Å². The van der Waals surface area contributed by atoms with Crippen LogP contribution in [0.5, 0.6) is 0 Å². The van der Waals surface area contributed by atoms with E-state index >= 15 is 0 Å². The maximum Gasteiger partial charge on any atom is 0.331 e. The SMILES string of the molecule is C=CC(N)(/C=C/C(=O)O)C(=O)O. The van der Waals surface area contributed by atoms with Gasteiger partial charge in [-0.1, -0.05) is 6.08 Å². The Morgan fingerprint density at radius 1 is 1.42 bits per heavy atom. The minimum atomic E-state index is -1.81. The summed E-state index contributed by atoms with van der Waals surface area (Å²) in [5.41, 5.74) is 3.41. The van der Waals surface area contributed by atoms with E-state index in [0.717, 1.165) is 12.2 Å². The Kier molecular flexibility index (Phi) is 3.18. The zero-order valence-corrected chi connectivity index (χ0v) is 6.23. The predicted molar refractivity (Wildman–Crippen MR) is 41.5 cm³/mol. The number of carbonyl (C=O) groups is 2. The van der Waals surface area contributed by atoms with E-state index in [4.69, 9.17) is 15.9 Å². The summed E-state index contributed by atoms with van der Waals surface area (Å²) in [4.78, 5) is 20.4. The average Bonchev–Trinajstić information content (AvgIpc) is 1.99. The van der Waals surface area contributed by atoms with Gasteiger partial charge in [0.1, 0.15) is 0 Å². The molecule has 4 N–H and O–H groups in total. The third-order valence-corrected chi connectivity index (χ3v) is 1.21. The van der Waals surface area contributed by atoms with Crippen LogP contribution in [0.3, 0.4) is 0 Å². The van der Waals surface area contributed by atoms with Crippen molar-refractivity contribution >= 4 is 11.9 Å². The summed E-state index contributed by atoms with van der Waals surface area (Å²) in [5.74, 6) is -2.61. The van der Waals surface area contributed by atoms with Gasteiger partial charge in [-0.3, -0.25) is 0 Å². The van der Waals surface area contributed by atoms with E-state index in [1.807, 2.05) is 0 Å². The van der Waals surface area contributed by atoms with Gasteiger partial charge in [0.05, 0.1) is 0 Å². The van der Waals surface area contributed by atoms with Crippen LogP contribution in [0.25, 0.3) is 0 Å². The molecule has 0 aromatic heterocycles. The van der Waals surface area contributed by atoms with E-state index in [2.05, 4.69) is 6.58 Å². The van der Waals surface area contributed by atoms with Gasteiger partial charge in [0.15, 0.2) is 5.54 Å². The van der Waals surface area contributed by atoms with Crippen molar-refractivity contribution in [3.63, 3.8) is 0 Å². The van der Waals surface area contributed by atoms with Gasteiger partial charge < -0.3 is 15.9 Å². The first-order valence-corrected chi connectivity index (χ1v) is 3.00. The minimum Gasteiger partial charge on any atom is -0.479 e. The number of carboxylic acids is 2. The number of nitrogens with two attached hydrogens (primary N) is 1. The molecule has 0 aliphatic carbocycles. The summed E-state index contributed by atoms with van der Waals surface area (Å²) in [5, 5.41) is 16.7. The maximum absolute atomic E-state index is 10.4. The normalized spacial score (nSPS) is 15.4. The maximum atomic E-state index is 10.4. The van der Waals surface area contributed by atoms with Crippen molar-refractivity contribution < 1.29 is 19.8 Å². The highest BCUT2D eigenvalue weighted by molar-refractivity contribution is 5.87. The first kappa shape index (κ1) is 10.4. The van der Waals surface area contributed by atoms with Crippen molar-refractivity contribution in [1.29, 1.82) is 0 Å². The van der Waals surface area contributed by atoms with E-state index < -0.39 is 17.5 Å². The number of carboxylic acid groups (broad SMARTS) is 2. The molecule has 0 spiro atoms. The van der Waals surface area contributed by atoms with Crippen LogP contribution in [0.1, 0.15) is 0 Å². The second-order valence-corrected chi connectivity index (χ2v) is 2.11. The lowest BCUT2D eigenvalue weighted by Crippen LogP contribution is -2.43. The number of hydrogen-bond donors (Lipinski definition) is 3. The third kappa shape index (κ3) is 2.55. The standard InChI is InChI=1S/C7H9NO4/c1-2-7(8,6(11)12)4-3-5(9)10/h2-4H,1,8H2,(H,9,10)(H,11,12)/b4-3+. The van der Waals surface area contributed by atoms with Gasteiger partial charge in [-0.05, 0) is 6.08 Å². The van der Waals surface area contributed by atoms with Gasteiger partial charge in [-0.15, -0.1) is 6.58 Å². The molecule has 1 unspecified atom stereocenters. The van der Waals surface area contributed by atoms with Gasteiger partial charge in [0, 0.05) is 6.08 Å². The van der Waals surface area contributed by atoms with E-state index in [0.29, 0.717) is 6.08 Å². The van der Waals surface area contributed by atoms with Gasteiger partial charge >= 0.3 is 11.9 Å². The molecule has 0 rings (SSSR count). The topological polar surface area (TPSA) is 101 Å². The summed E-state index contributed by atoms with van der Waals surface area (Å²) in [6.45, 7) is 3.18. The van der Waals surface area contributed by atoms with Crippen LogP contribution in [0.4, 0.5) is 0 Å². The van der Waals surface area contributed by atoms with Crippen LogP contribution in [0, 0.1) is 0 Å². The third-order valence-electron chi connectivity index (χ3n) is 1.21. The first-order chi connectivity index (χ1) is 5.42. The molecule has 0 amide bonds. The second-order valence-electron chi connectivity index (χ2n) is 2.11. The molecule has 0 bridgehead atoms. The van der Waals surface area contributed by atoms with Crippen molar-refractivity contribution in [3.05, 3.63) is 24.8 Å². The molecule has 0 aromatic carbocycles. The molecule has 0 radical (unpaired) electrons. The molecule has 5 nitrogen and oxygen atoms in total. The van der Waals surface area contributed by atoms with Crippen LogP contribution >= 0.6 is 0 Å². The highest BCUT2D eigenvalue weighted by atomic mass is 16.4. The minimum absolute atomic E-state index is 0.663. The molecule has 1 atom stereocenters. The molecule has 0 fully saturated rings. The highest BCUT2D eigenvalue weighted by Crippen LogP contribution is 2.03. The smallest absolute Gasteiger partial charge is 0.331 e. The van der Waals surface area contributed by atoms with Gasteiger partial charge in [0.2, 0.25) is 0 Å². The Hall–Kier alpha value is -1.62. The quantitative estimate of drug-likeness (QED) is 0.394. The number of rotatable bonds is 4. The Labute approximate surface area is 68.8 Å². The molecule has 12 heavy (non-hydrogen) atoms. The highest BCUT2D eigenvalue weighted by Gasteiger charge is 2.26. The molecule has 5 heteroatoms. The van der Waals surface area contributed by atoms with Gasteiger partial charge in [-0.25, -0.2) is 9.59 Å². The lowest BCUT2D eigenvalue weighted by molar-refractivity contribution is -0.139. The lowest BCUT2D eigenvalue weighted by atomic mass is 10.0. The molecule has 0 saturated carbocycles. The van der Waals surface area contributed by atoms with E-state index in [1.54, 1.807) is 0 Å². The molecule has 0 aromatic rings. The van der Waals surface area contributed by atoms with Crippen LogP contribution in [-0.4, -0.2) is 27.7 Å². The van der Waals surface area contributed by atoms with E-state index in [9.17, 15) is 9.59 Å². The Balaban J connectivity index is 4.67. The molecule has 0 heterocycles. The fourth-order valence-electron chi connectivity index (χ4n) is 0.436. The number of hydrogen-bond acceptors (Lipinski definition) is 3. The number of aliphatic carboxylic acids is 2. The summed E-state index contributed by atoms with van der Waals surface area (Å²) in [6, 6.07) is 0. The zero-order chi connectivity index (χ0) is 9.78. The molecule has 0 aliphatic rings. The van der Waals surface area contributed by atoms with Gasteiger partial charge in [-0.2, -0.15) is 0 Å². The molecule has 0 saturated heterocycles. The summed E-state index contributed by atoms with van der Waals surface area (Å²) in [6.07, 6.45) is 2.47.